The van der Waals surface area contributed by atoms with Gasteiger partial charge in [0.1, 0.15) is 5.75 Å². The van der Waals surface area contributed by atoms with Crippen LogP contribution in [0.1, 0.15) is 11.1 Å². The standard InChI is InChI=1S/C8H10O.C6H6O3S/c1-6-3-7(2)5-8(9)4-6;7-10(8,9)6-4-2-1-3-5-6/h3-5,9H,1-2H3;1-5H,(H,7,8,9). The van der Waals surface area contributed by atoms with Crippen LogP contribution in [0.4, 0.5) is 0 Å². The number of phenols is 1. The molecule has 0 saturated carbocycles. The van der Waals surface area contributed by atoms with Crippen molar-refractivity contribution in [1.29, 1.82) is 0 Å². The Labute approximate surface area is 113 Å². The molecule has 0 aliphatic heterocycles. The highest BCUT2D eigenvalue weighted by Crippen LogP contribution is 2.13. The van der Waals surface area contributed by atoms with Gasteiger partial charge in [0.05, 0.1) is 4.90 Å². The van der Waals surface area contributed by atoms with Gasteiger partial charge < -0.3 is 5.11 Å². The maximum Gasteiger partial charge on any atom is 0.294 e. The van der Waals surface area contributed by atoms with Crippen LogP contribution < -0.4 is 0 Å². The largest absolute Gasteiger partial charge is 0.508 e. The molecule has 0 heterocycles. The van der Waals surface area contributed by atoms with Crippen LogP contribution >= 0.6 is 0 Å². The lowest BCUT2D eigenvalue weighted by atomic mass is 10.1. The number of hydrogen-bond acceptors (Lipinski definition) is 3. The average molecular weight is 280 g/mol. The molecule has 0 amide bonds. The first kappa shape index (κ1) is 15.2. The Kier molecular flexibility index (Phi) is 5.09. The van der Waals surface area contributed by atoms with Crippen LogP contribution in [0.25, 0.3) is 0 Å². The van der Waals surface area contributed by atoms with Gasteiger partial charge in [-0.2, -0.15) is 8.42 Å². The van der Waals surface area contributed by atoms with E-state index in [4.69, 9.17) is 9.66 Å². The van der Waals surface area contributed by atoms with Crippen molar-refractivity contribution in [1.82, 2.24) is 0 Å². The van der Waals surface area contributed by atoms with E-state index in [0.29, 0.717) is 5.75 Å². The Morgan fingerprint density at radius 2 is 1.37 bits per heavy atom. The summed E-state index contributed by atoms with van der Waals surface area (Å²) in [6, 6.07) is 12.9. The predicted molar refractivity (Wildman–Crippen MR) is 73.8 cm³/mol. The van der Waals surface area contributed by atoms with Crippen LogP contribution in [0.5, 0.6) is 5.75 Å². The number of benzene rings is 2. The Hall–Kier alpha value is -1.85. The molecule has 2 N–H and O–H groups in total. The summed E-state index contributed by atoms with van der Waals surface area (Å²) in [5.41, 5.74) is 2.21. The van der Waals surface area contributed by atoms with Crippen molar-refractivity contribution in [2.75, 3.05) is 0 Å². The summed E-state index contributed by atoms with van der Waals surface area (Å²) in [5.74, 6) is 0.354. The quantitative estimate of drug-likeness (QED) is 0.788. The molecule has 0 aromatic heterocycles. The van der Waals surface area contributed by atoms with Crippen molar-refractivity contribution in [3.8, 4) is 5.75 Å². The molecule has 2 aromatic rings. The molecule has 0 saturated heterocycles. The van der Waals surface area contributed by atoms with Crippen LogP contribution in [0, 0.1) is 13.8 Å². The predicted octanol–water partition coefficient (Wildman–Crippen LogP) is 2.94. The summed E-state index contributed by atoms with van der Waals surface area (Å²) in [4.78, 5) is -0.0741. The Bertz CT molecular complexity index is 583. The van der Waals surface area contributed by atoms with Gasteiger partial charge in [-0.1, -0.05) is 24.3 Å². The SMILES string of the molecule is Cc1cc(C)cc(O)c1.O=S(=O)(O)c1ccccc1. The Morgan fingerprint density at radius 1 is 0.895 bits per heavy atom. The molecular weight excluding hydrogens is 264 g/mol. The van der Waals surface area contributed by atoms with Crippen LogP contribution in [-0.2, 0) is 10.1 Å². The van der Waals surface area contributed by atoms with Crippen LogP contribution in [-0.4, -0.2) is 18.1 Å². The number of rotatable bonds is 1. The second-order valence-corrected chi connectivity index (χ2v) is 5.56. The molecule has 2 aromatic carbocycles. The lowest BCUT2D eigenvalue weighted by Gasteiger charge is -1.95. The highest BCUT2D eigenvalue weighted by Gasteiger charge is 2.05. The zero-order valence-corrected chi connectivity index (χ0v) is 11.6. The maximum absolute atomic E-state index is 10.4. The van der Waals surface area contributed by atoms with Gasteiger partial charge in [0.25, 0.3) is 10.1 Å². The van der Waals surface area contributed by atoms with Crippen molar-refractivity contribution < 1.29 is 18.1 Å². The van der Waals surface area contributed by atoms with Crippen molar-refractivity contribution in [2.45, 2.75) is 18.7 Å². The molecule has 5 heteroatoms. The first-order chi connectivity index (χ1) is 8.79. The van der Waals surface area contributed by atoms with Crippen molar-refractivity contribution in [3.63, 3.8) is 0 Å². The van der Waals surface area contributed by atoms with Gasteiger partial charge in [-0.25, -0.2) is 0 Å². The third kappa shape index (κ3) is 5.54. The van der Waals surface area contributed by atoms with E-state index in [-0.39, 0.29) is 4.90 Å². The zero-order chi connectivity index (χ0) is 14.5. The zero-order valence-electron chi connectivity index (χ0n) is 10.7. The number of phenolic OH excluding ortho intramolecular Hbond substituents is 1. The molecule has 0 unspecified atom stereocenters. The van der Waals surface area contributed by atoms with Gasteiger partial charge >= 0.3 is 0 Å². The van der Waals surface area contributed by atoms with Crippen LogP contribution in [0.2, 0.25) is 0 Å². The number of aromatic hydroxyl groups is 1. The topological polar surface area (TPSA) is 74.6 Å². The molecule has 2 rings (SSSR count). The second kappa shape index (κ2) is 6.36. The molecule has 0 radical (unpaired) electrons. The number of hydrogen-bond donors (Lipinski definition) is 2. The third-order valence-electron chi connectivity index (χ3n) is 2.25. The Balaban J connectivity index is 0.000000191. The molecule has 0 fully saturated rings. The van der Waals surface area contributed by atoms with E-state index in [1.54, 1.807) is 30.3 Å². The third-order valence-corrected chi connectivity index (χ3v) is 3.12. The summed E-state index contributed by atoms with van der Waals surface area (Å²) >= 11 is 0. The van der Waals surface area contributed by atoms with E-state index >= 15 is 0 Å². The molecule has 19 heavy (non-hydrogen) atoms. The summed E-state index contributed by atoms with van der Waals surface area (Å²) in [6.07, 6.45) is 0. The minimum atomic E-state index is -4.00. The van der Waals surface area contributed by atoms with Gasteiger partial charge in [-0.15, -0.1) is 0 Å². The highest BCUT2D eigenvalue weighted by atomic mass is 32.2. The minimum absolute atomic E-state index is 0.0741. The smallest absolute Gasteiger partial charge is 0.294 e. The lowest BCUT2D eigenvalue weighted by molar-refractivity contribution is 0.474. The van der Waals surface area contributed by atoms with Crippen molar-refractivity contribution in [3.05, 3.63) is 59.7 Å². The molecule has 4 nitrogen and oxygen atoms in total. The maximum atomic E-state index is 10.4. The average Bonchev–Trinajstić information content (AvgIpc) is 2.28. The minimum Gasteiger partial charge on any atom is -0.508 e. The van der Waals surface area contributed by atoms with Crippen molar-refractivity contribution in [2.24, 2.45) is 0 Å². The summed E-state index contributed by atoms with van der Waals surface area (Å²) < 4.78 is 29.2. The molecule has 102 valence electrons. The van der Waals surface area contributed by atoms with Crippen LogP contribution in [0.15, 0.2) is 53.4 Å². The molecule has 0 bridgehead atoms. The molecule has 0 aliphatic carbocycles. The highest BCUT2D eigenvalue weighted by molar-refractivity contribution is 7.85. The van der Waals surface area contributed by atoms with E-state index in [2.05, 4.69) is 0 Å². The molecule has 0 atom stereocenters. The summed E-state index contributed by atoms with van der Waals surface area (Å²) in [6.45, 7) is 3.93. The first-order valence-electron chi connectivity index (χ1n) is 5.59. The van der Waals surface area contributed by atoms with Gasteiger partial charge in [0.15, 0.2) is 0 Å². The summed E-state index contributed by atoms with van der Waals surface area (Å²) in [7, 11) is -4.00. The lowest BCUT2D eigenvalue weighted by Crippen LogP contribution is -1.96. The van der Waals surface area contributed by atoms with Crippen molar-refractivity contribution >= 4 is 10.1 Å². The normalized spacial score (nSPS) is 10.5. The molecule has 0 aliphatic rings. The summed E-state index contributed by atoms with van der Waals surface area (Å²) in [5, 5.41) is 8.99. The van der Waals surface area contributed by atoms with E-state index in [1.807, 2.05) is 19.9 Å². The van der Waals surface area contributed by atoms with Gasteiger partial charge in [-0.05, 0) is 49.2 Å². The van der Waals surface area contributed by atoms with E-state index in [1.165, 1.54) is 12.1 Å². The molecular formula is C14H16O4S. The van der Waals surface area contributed by atoms with Gasteiger partial charge in [-0.3, -0.25) is 4.55 Å². The van der Waals surface area contributed by atoms with E-state index < -0.39 is 10.1 Å². The second-order valence-electron chi connectivity index (χ2n) is 4.13. The van der Waals surface area contributed by atoms with E-state index in [0.717, 1.165) is 11.1 Å². The Morgan fingerprint density at radius 3 is 1.68 bits per heavy atom. The fourth-order valence-electron chi connectivity index (χ4n) is 1.54. The fourth-order valence-corrected chi connectivity index (χ4v) is 2.04. The van der Waals surface area contributed by atoms with Gasteiger partial charge in [0.2, 0.25) is 0 Å². The van der Waals surface area contributed by atoms with E-state index in [9.17, 15) is 8.42 Å². The van der Waals surface area contributed by atoms with Gasteiger partial charge in [0, 0.05) is 0 Å². The molecule has 0 spiro atoms. The number of aryl methyl sites for hydroxylation is 2. The van der Waals surface area contributed by atoms with Crippen LogP contribution in [0.3, 0.4) is 0 Å². The fraction of sp³-hybridized carbons (Fsp3) is 0.143. The monoisotopic (exact) mass is 280 g/mol. The first-order valence-corrected chi connectivity index (χ1v) is 7.03.